The summed E-state index contributed by atoms with van der Waals surface area (Å²) >= 11 is 6.65. The molecule has 0 saturated carbocycles. The minimum Gasteiger partial charge on any atom is -0.497 e. The van der Waals surface area contributed by atoms with Gasteiger partial charge >= 0.3 is 0 Å². The largest absolute Gasteiger partial charge is 0.497 e. The van der Waals surface area contributed by atoms with Gasteiger partial charge in [0.2, 0.25) is 5.91 Å². The molecule has 0 radical (unpaired) electrons. The minimum atomic E-state index is -0.158. The van der Waals surface area contributed by atoms with Crippen molar-refractivity contribution >= 4 is 40.7 Å². The van der Waals surface area contributed by atoms with Crippen molar-refractivity contribution in [1.29, 1.82) is 0 Å². The summed E-state index contributed by atoms with van der Waals surface area (Å²) in [5.74, 6) is 0.920. The fourth-order valence-electron chi connectivity index (χ4n) is 2.28. The molecule has 2 rings (SSSR count). The standard InChI is InChI=1S/C20H25N3O2S2/c1-3-4-5-15-6-8-16(9-7-15)21-20(26)23-22-19(24)14-27-18-12-10-17(25-2)11-13-18/h6-13H,3-5,14H2,1-2H3,(H,22,24)(H2,21,23,26). The zero-order chi connectivity index (χ0) is 19.5. The Morgan fingerprint density at radius 3 is 2.41 bits per heavy atom. The maximum atomic E-state index is 11.9. The summed E-state index contributed by atoms with van der Waals surface area (Å²) in [5.41, 5.74) is 7.51. The van der Waals surface area contributed by atoms with Gasteiger partial charge in [0.05, 0.1) is 12.9 Å². The van der Waals surface area contributed by atoms with Gasteiger partial charge < -0.3 is 10.1 Å². The van der Waals surface area contributed by atoms with Gasteiger partial charge in [-0.2, -0.15) is 0 Å². The van der Waals surface area contributed by atoms with E-state index in [9.17, 15) is 4.79 Å². The molecule has 0 aliphatic heterocycles. The Hall–Kier alpha value is -2.25. The van der Waals surface area contributed by atoms with Crippen molar-refractivity contribution in [3.63, 3.8) is 0 Å². The molecule has 2 aromatic carbocycles. The molecule has 0 fully saturated rings. The van der Waals surface area contributed by atoms with E-state index in [1.54, 1.807) is 7.11 Å². The van der Waals surface area contributed by atoms with Gasteiger partial charge in [-0.15, -0.1) is 11.8 Å². The Morgan fingerprint density at radius 2 is 1.78 bits per heavy atom. The molecule has 3 N–H and O–H groups in total. The summed E-state index contributed by atoms with van der Waals surface area (Å²) in [7, 11) is 1.62. The Kier molecular flexibility index (Phi) is 8.94. The van der Waals surface area contributed by atoms with E-state index in [1.165, 1.54) is 30.2 Å². The monoisotopic (exact) mass is 403 g/mol. The predicted octanol–water partition coefficient (Wildman–Crippen LogP) is 4.15. The number of hydrogen-bond donors (Lipinski definition) is 3. The van der Waals surface area contributed by atoms with E-state index in [0.29, 0.717) is 5.11 Å². The third-order valence-corrected chi connectivity index (χ3v) is 4.99. The molecule has 5 nitrogen and oxygen atoms in total. The quantitative estimate of drug-likeness (QED) is 0.350. The molecule has 144 valence electrons. The first-order chi connectivity index (χ1) is 13.1. The number of aryl methyl sites for hydroxylation is 1. The van der Waals surface area contributed by atoms with Gasteiger partial charge in [-0.3, -0.25) is 15.6 Å². The zero-order valence-corrected chi connectivity index (χ0v) is 17.2. The van der Waals surface area contributed by atoms with Gasteiger partial charge in [0, 0.05) is 10.6 Å². The second-order valence-corrected chi connectivity index (χ2v) is 7.35. The highest BCUT2D eigenvalue weighted by atomic mass is 32.2. The minimum absolute atomic E-state index is 0.158. The van der Waals surface area contributed by atoms with Crippen LogP contribution in [0.3, 0.4) is 0 Å². The van der Waals surface area contributed by atoms with E-state index in [0.717, 1.165) is 22.8 Å². The Balaban J connectivity index is 1.68. The van der Waals surface area contributed by atoms with Gasteiger partial charge in [0.1, 0.15) is 5.75 Å². The third kappa shape index (κ3) is 7.88. The lowest BCUT2D eigenvalue weighted by molar-refractivity contribution is -0.119. The Morgan fingerprint density at radius 1 is 1.07 bits per heavy atom. The maximum Gasteiger partial charge on any atom is 0.248 e. The van der Waals surface area contributed by atoms with E-state index < -0.39 is 0 Å². The van der Waals surface area contributed by atoms with Crippen LogP contribution in [-0.4, -0.2) is 23.9 Å². The van der Waals surface area contributed by atoms with Gasteiger partial charge in [0.15, 0.2) is 5.11 Å². The molecule has 0 atom stereocenters. The number of unbranched alkanes of at least 4 members (excludes halogenated alkanes) is 1. The van der Waals surface area contributed by atoms with E-state index in [-0.39, 0.29) is 11.7 Å². The number of hydrogen-bond acceptors (Lipinski definition) is 4. The number of thioether (sulfide) groups is 1. The molecule has 1 amide bonds. The first-order valence-corrected chi connectivity index (χ1v) is 10.2. The summed E-state index contributed by atoms with van der Waals surface area (Å²) < 4.78 is 5.11. The number of methoxy groups -OCH3 is 1. The van der Waals surface area contributed by atoms with Crippen LogP contribution >= 0.6 is 24.0 Å². The Bertz CT molecular complexity index is 734. The molecule has 27 heavy (non-hydrogen) atoms. The van der Waals surface area contributed by atoms with E-state index >= 15 is 0 Å². The van der Waals surface area contributed by atoms with Crippen molar-refractivity contribution in [1.82, 2.24) is 10.9 Å². The second kappa shape index (κ2) is 11.5. The first kappa shape index (κ1) is 21.1. The molecule has 0 bridgehead atoms. The number of carbonyl (C=O) groups excluding carboxylic acids is 1. The van der Waals surface area contributed by atoms with Crippen LogP contribution in [0.2, 0.25) is 0 Å². The number of thiocarbonyl (C=S) groups is 1. The molecule has 0 unspecified atom stereocenters. The lowest BCUT2D eigenvalue weighted by Crippen LogP contribution is -2.44. The summed E-state index contributed by atoms with van der Waals surface area (Å²) in [6.45, 7) is 2.18. The summed E-state index contributed by atoms with van der Waals surface area (Å²) in [4.78, 5) is 12.9. The van der Waals surface area contributed by atoms with Gasteiger partial charge in [-0.05, 0) is 67.0 Å². The van der Waals surface area contributed by atoms with E-state index in [2.05, 4.69) is 35.2 Å². The van der Waals surface area contributed by atoms with Crippen LogP contribution in [0.15, 0.2) is 53.4 Å². The molecule has 0 aliphatic rings. The molecule has 7 heteroatoms. The summed E-state index contributed by atoms with van der Waals surface area (Å²) in [5, 5.41) is 3.40. The van der Waals surface area contributed by atoms with Crippen molar-refractivity contribution in [2.45, 2.75) is 31.1 Å². The predicted molar refractivity (Wildman–Crippen MR) is 116 cm³/mol. The maximum absolute atomic E-state index is 11.9. The van der Waals surface area contributed by atoms with E-state index in [1.807, 2.05) is 36.4 Å². The third-order valence-electron chi connectivity index (χ3n) is 3.78. The van der Waals surface area contributed by atoms with Crippen LogP contribution in [0.5, 0.6) is 5.75 Å². The molecular formula is C20H25N3O2S2. The number of hydrazine groups is 1. The van der Waals surface area contributed by atoms with Crippen LogP contribution in [0, 0.1) is 0 Å². The molecule has 0 saturated heterocycles. The molecular weight excluding hydrogens is 378 g/mol. The average Bonchev–Trinajstić information content (AvgIpc) is 2.70. The number of amides is 1. The van der Waals surface area contributed by atoms with Crippen molar-refractivity contribution in [2.24, 2.45) is 0 Å². The van der Waals surface area contributed by atoms with Gasteiger partial charge in [-0.25, -0.2) is 0 Å². The fraction of sp³-hybridized carbons (Fsp3) is 0.300. The van der Waals surface area contributed by atoms with Crippen LogP contribution in [0.1, 0.15) is 25.3 Å². The van der Waals surface area contributed by atoms with Crippen LogP contribution in [0.25, 0.3) is 0 Å². The van der Waals surface area contributed by atoms with Crippen LogP contribution in [-0.2, 0) is 11.2 Å². The summed E-state index contributed by atoms with van der Waals surface area (Å²) in [6, 6.07) is 15.7. The number of rotatable bonds is 8. The fourth-order valence-corrected chi connectivity index (χ4v) is 3.15. The summed E-state index contributed by atoms with van der Waals surface area (Å²) in [6.07, 6.45) is 3.46. The molecule has 0 heterocycles. The highest BCUT2D eigenvalue weighted by Gasteiger charge is 2.04. The average molecular weight is 404 g/mol. The SMILES string of the molecule is CCCCc1ccc(NC(=S)NNC(=O)CSc2ccc(OC)cc2)cc1. The van der Waals surface area contributed by atoms with Crippen molar-refractivity contribution in [3.05, 3.63) is 54.1 Å². The normalized spacial score (nSPS) is 10.1. The topological polar surface area (TPSA) is 62.4 Å². The van der Waals surface area contributed by atoms with Crippen molar-refractivity contribution < 1.29 is 9.53 Å². The smallest absolute Gasteiger partial charge is 0.248 e. The van der Waals surface area contributed by atoms with Crippen molar-refractivity contribution in [2.75, 3.05) is 18.2 Å². The molecule has 0 aromatic heterocycles. The number of nitrogens with one attached hydrogen (secondary N) is 3. The highest BCUT2D eigenvalue weighted by molar-refractivity contribution is 8.00. The first-order valence-electron chi connectivity index (χ1n) is 8.82. The molecule has 0 spiro atoms. The number of ether oxygens (including phenoxy) is 1. The van der Waals surface area contributed by atoms with Gasteiger partial charge in [0.25, 0.3) is 0 Å². The number of benzene rings is 2. The second-order valence-electron chi connectivity index (χ2n) is 5.89. The number of anilines is 1. The van der Waals surface area contributed by atoms with E-state index in [4.69, 9.17) is 17.0 Å². The molecule has 2 aromatic rings. The lowest BCUT2D eigenvalue weighted by atomic mass is 10.1. The lowest BCUT2D eigenvalue weighted by Gasteiger charge is -2.12. The van der Waals surface area contributed by atoms with Crippen LogP contribution < -0.4 is 20.9 Å². The van der Waals surface area contributed by atoms with Crippen LogP contribution in [0.4, 0.5) is 5.69 Å². The van der Waals surface area contributed by atoms with Crippen molar-refractivity contribution in [3.8, 4) is 5.75 Å². The Labute approximate surface area is 170 Å². The zero-order valence-electron chi connectivity index (χ0n) is 15.6. The molecule has 0 aliphatic carbocycles. The van der Waals surface area contributed by atoms with Gasteiger partial charge in [-0.1, -0.05) is 25.5 Å². The number of carbonyl (C=O) groups is 1. The highest BCUT2D eigenvalue weighted by Crippen LogP contribution is 2.20.